The van der Waals surface area contributed by atoms with Gasteiger partial charge in [0.15, 0.2) is 0 Å². The van der Waals surface area contributed by atoms with Gasteiger partial charge in [0.2, 0.25) is 0 Å². The quantitative estimate of drug-likeness (QED) is 0.687. The van der Waals surface area contributed by atoms with Crippen molar-refractivity contribution in [1.82, 2.24) is 0 Å². The van der Waals surface area contributed by atoms with Crippen molar-refractivity contribution in [1.29, 1.82) is 0 Å². The smallest absolute Gasteiger partial charge is 0.0420 e. The summed E-state index contributed by atoms with van der Waals surface area (Å²) in [5.41, 5.74) is 7.14. The molecule has 0 bridgehead atoms. The van der Waals surface area contributed by atoms with E-state index in [2.05, 4.69) is 98.0 Å². The van der Waals surface area contributed by atoms with Gasteiger partial charge in [-0.3, -0.25) is 0 Å². The Morgan fingerprint density at radius 2 is 1.43 bits per heavy atom. The fourth-order valence-corrected chi connectivity index (χ4v) is 2.57. The molecule has 0 heterocycles. The zero-order valence-corrected chi connectivity index (χ0v) is 13.9. The van der Waals surface area contributed by atoms with Crippen molar-refractivity contribution in [3.8, 4) is 11.1 Å². The zero-order chi connectivity index (χ0) is 16.2. The number of nitrogens with zero attached hydrogens (tertiary/aromatic N) is 1. The van der Waals surface area contributed by atoms with E-state index in [-0.39, 0.29) is 0 Å². The third-order valence-electron chi connectivity index (χ3n) is 4.01. The highest BCUT2D eigenvalue weighted by atomic mass is 15.1. The van der Waals surface area contributed by atoms with Crippen LogP contribution in [0.15, 0.2) is 72.8 Å². The van der Waals surface area contributed by atoms with Crippen LogP contribution in [0.1, 0.15) is 5.56 Å². The van der Waals surface area contributed by atoms with Crippen molar-refractivity contribution in [2.24, 2.45) is 0 Å². The predicted molar refractivity (Wildman–Crippen MR) is 101 cm³/mol. The number of benzene rings is 3. The lowest BCUT2D eigenvalue weighted by molar-refractivity contribution is 1.13. The highest BCUT2D eigenvalue weighted by Gasteiger charge is 2.04. The molecule has 0 amide bonds. The molecule has 0 saturated carbocycles. The Hall–Kier alpha value is -2.74. The minimum Gasteiger partial charge on any atom is -0.378 e. The minimum absolute atomic E-state index is 1.10. The monoisotopic (exact) mass is 302 g/mol. The molecule has 0 aliphatic rings. The second-order valence-electron chi connectivity index (χ2n) is 5.96. The lowest BCUT2D eigenvalue weighted by atomic mass is 10.0. The van der Waals surface area contributed by atoms with Crippen LogP contribution in [0.5, 0.6) is 0 Å². The average Bonchev–Trinajstić information content (AvgIpc) is 2.58. The first-order chi connectivity index (χ1) is 11.1. The van der Waals surface area contributed by atoms with Gasteiger partial charge in [-0.05, 0) is 53.9 Å². The van der Waals surface area contributed by atoms with Crippen molar-refractivity contribution >= 4 is 17.1 Å². The highest BCUT2D eigenvalue weighted by Crippen LogP contribution is 2.28. The summed E-state index contributed by atoms with van der Waals surface area (Å²) in [6, 6.07) is 25.5. The molecule has 3 aromatic carbocycles. The Kier molecular flexibility index (Phi) is 4.33. The molecule has 0 aliphatic carbocycles. The van der Waals surface area contributed by atoms with Crippen LogP contribution in [0.4, 0.5) is 17.1 Å². The van der Waals surface area contributed by atoms with Gasteiger partial charge in [0.1, 0.15) is 0 Å². The van der Waals surface area contributed by atoms with Crippen LogP contribution in [-0.4, -0.2) is 14.1 Å². The fraction of sp³-hybridized carbons (Fsp3) is 0.143. The summed E-state index contributed by atoms with van der Waals surface area (Å²) < 4.78 is 0. The molecule has 0 unspecified atom stereocenters. The number of nitrogens with one attached hydrogen (secondary N) is 1. The summed E-state index contributed by atoms with van der Waals surface area (Å²) in [6.45, 7) is 2.13. The van der Waals surface area contributed by atoms with Gasteiger partial charge < -0.3 is 10.2 Å². The first-order valence-corrected chi connectivity index (χ1v) is 7.84. The highest BCUT2D eigenvalue weighted by molar-refractivity contribution is 5.73. The number of hydrogen-bond acceptors (Lipinski definition) is 2. The van der Waals surface area contributed by atoms with E-state index in [9.17, 15) is 0 Å². The first kappa shape index (κ1) is 15.2. The SMILES string of the molecule is Cc1ccc(-c2ccccc2)cc1Nc1ccc(N(C)C)cc1. The molecule has 0 spiro atoms. The van der Waals surface area contributed by atoms with E-state index in [1.54, 1.807) is 0 Å². The predicted octanol–water partition coefficient (Wildman–Crippen LogP) is 5.47. The lowest BCUT2D eigenvalue weighted by Crippen LogP contribution is -2.08. The second kappa shape index (κ2) is 6.57. The normalized spacial score (nSPS) is 10.4. The maximum absolute atomic E-state index is 3.53. The molecule has 116 valence electrons. The van der Waals surface area contributed by atoms with E-state index in [1.165, 1.54) is 22.4 Å². The standard InChI is InChI=1S/C21H22N2/c1-16-9-10-18(17-7-5-4-6-8-17)15-21(16)22-19-11-13-20(14-12-19)23(2)3/h4-15,22H,1-3H3. The largest absolute Gasteiger partial charge is 0.378 e. The molecule has 0 aliphatic heterocycles. The summed E-state index contributed by atoms with van der Waals surface area (Å²) >= 11 is 0. The van der Waals surface area contributed by atoms with Crippen LogP contribution in [0.25, 0.3) is 11.1 Å². The Bertz CT molecular complexity index is 775. The van der Waals surface area contributed by atoms with Gasteiger partial charge in [0.05, 0.1) is 0 Å². The molecular formula is C21H22N2. The molecule has 0 fully saturated rings. The maximum atomic E-state index is 3.53. The molecule has 0 saturated heterocycles. The van der Waals surface area contributed by atoms with Gasteiger partial charge >= 0.3 is 0 Å². The van der Waals surface area contributed by atoms with Crippen LogP contribution >= 0.6 is 0 Å². The summed E-state index contributed by atoms with van der Waals surface area (Å²) in [4.78, 5) is 2.10. The zero-order valence-electron chi connectivity index (χ0n) is 13.9. The number of rotatable bonds is 4. The van der Waals surface area contributed by atoms with Gasteiger partial charge in [0, 0.05) is 31.2 Å². The van der Waals surface area contributed by atoms with Crippen molar-refractivity contribution in [3.63, 3.8) is 0 Å². The Labute approximate surface area is 138 Å². The van der Waals surface area contributed by atoms with Gasteiger partial charge in [-0.2, -0.15) is 0 Å². The van der Waals surface area contributed by atoms with Crippen molar-refractivity contribution < 1.29 is 0 Å². The summed E-state index contributed by atoms with van der Waals surface area (Å²) in [5, 5.41) is 3.53. The van der Waals surface area contributed by atoms with E-state index in [0.717, 1.165) is 11.4 Å². The van der Waals surface area contributed by atoms with Gasteiger partial charge in [0.25, 0.3) is 0 Å². The summed E-state index contributed by atoms with van der Waals surface area (Å²) in [7, 11) is 4.10. The molecule has 1 N–H and O–H groups in total. The summed E-state index contributed by atoms with van der Waals surface area (Å²) in [5.74, 6) is 0. The van der Waals surface area contributed by atoms with E-state index in [4.69, 9.17) is 0 Å². The first-order valence-electron chi connectivity index (χ1n) is 7.84. The summed E-state index contributed by atoms with van der Waals surface area (Å²) in [6.07, 6.45) is 0. The topological polar surface area (TPSA) is 15.3 Å². The molecule has 2 heteroatoms. The molecule has 3 aromatic rings. The van der Waals surface area contributed by atoms with Crippen LogP contribution in [0.2, 0.25) is 0 Å². The van der Waals surface area contributed by atoms with Crippen LogP contribution < -0.4 is 10.2 Å². The van der Waals surface area contributed by atoms with Gasteiger partial charge in [-0.25, -0.2) is 0 Å². The van der Waals surface area contributed by atoms with Gasteiger partial charge in [-0.1, -0.05) is 42.5 Å². The average molecular weight is 302 g/mol. The third-order valence-corrected chi connectivity index (χ3v) is 4.01. The molecular weight excluding hydrogens is 280 g/mol. The minimum atomic E-state index is 1.10. The van der Waals surface area contributed by atoms with Crippen molar-refractivity contribution in [2.45, 2.75) is 6.92 Å². The number of anilines is 3. The van der Waals surface area contributed by atoms with E-state index in [0.29, 0.717) is 0 Å². The molecule has 0 atom stereocenters. The van der Waals surface area contributed by atoms with Crippen molar-refractivity contribution in [2.75, 3.05) is 24.3 Å². The second-order valence-corrected chi connectivity index (χ2v) is 5.96. The number of hydrogen-bond donors (Lipinski definition) is 1. The number of aryl methyl sites for hydroxylation is 1. The molecule has 23 heavy (non-hydrogen) atoms. The Morgan fingerprint density at radius 3 is 2.09 bits per heavy atom. The molecule has 0 radical (unpaired) electrons. The van der Waals surface area contributed by atoms with E-state index in [1.807, 2.05) is 6.07 Å². The Balaban J connectivity index is 1.87. The van der Waals surface area contributed by atoms with E-state index >= 15 is 0 Å². The lowest BCUT2D eigenvalue weighted by Gasteiger charge is -2.15. The fourth-order valence-electron chi connectivity index (χ4n) is 2.57. The third kappa shape index (κ3) is 3.54. The molecule has 3 rings (SSSR count). The van der Waals surface area contributed by atoms with Gasteiger partial charge in [-0.15, -0.1) is 0 Å². The molecule has 2 nitrogen and oxygen atoms in total. The van der Waals surface area contributed by atoms with E-state index < -0.39 is 0 Å². The van der Waals surface area contributed by atoms with Crippen LogP contribution in [-0.2, 0) is 0 Å². The molecule has 0 aromatic heterocycles. The Morgan fingerprint density at radius 1 is 0.739 bits per heavy atom. The van der Waals surface area contributed by atoms with Crippen LogP contribution in [0, 0.1) is 6.92 Å². The van der Waals surface area contributed by atoms with Crippen LogP contribution in [0.3, 0.4) is 0 Å². The van der Waals surface area contributed by atoms with Crippen molar-refractivity contribution in [3.05, 3.63) is 78.4 Å². The maximum Gasteiger partial charge on any atom is 0.0420 e.